The molecule has 1 heterocycles. The van der Waals surface area contributed by atoms with Gasteiger partial charge in [-0.1, -0.05) is 82.4 Å². The standard InChI is InChI=1S/C33H52N2O3/c1-6-8-10-12-13-14-22-35-30-25-28(34)19-20-29(30)31(32(33(35)36)37-23-15-11-9-7-2)38-24-21-27(5)18-16-17-26(3)4/h17,19-21,25H,6-16,18,22-24,34H2,1-5H3/b27-21+. The highest BCUT2D eigenvalue weighted by Gasteiger charge is 2.20. The van der Waals surface area contributed by atoms with Crippen molar-refractivity contribution in [2.75, 3.05) is 18.9 Å². The van der Waals surface area contributed by atoms with Crippen LogP contribution in [0.1, 0.15) is 112 Å². The van der Waals surface area contributed by atoms with Gasteiger partial charge in [0.15, 0.2) is 5.75 Å². The highest BCUT2D eigenvalue weighted by molar-refractivity contribution is 5.90. The molecule has 0 unspecified atom stereocenters. The fourth-order valence-electron chi connectivity index (χ4n) is 4.62. The zero-order chi connectivity index (χ0) is 27.8. The van der Waals surface area contributed by atoms with E-state index in [4.69, 9.17) is 15.2 Å². The summed E-state index contributed by atoms with van der Waals surface area (Å²) in [6.45, 7) is 12.4. The molecule has 2 rings (SSSR count). The highest BCUT2D eigenvalue weighted by Crippen LogP contribution is 2.34. The number of allylic oxidation sites excluding steroid dienone is 3. The summed E-state index contributed by atoms with van der Waals surface area (Å²) in [4.78, 5) is 13.8. The van der Waals surface area contributed by atoms with Crippen molar-refractivity contribution < 1.29 is 9.47 Å². The molecule has 0 spiro atoms. The monoisotopic (exact) mass is 524 g/mol. The van der Waals surface area contributed by atoms with Crippen LogP contribution in [-0.4, -0.2) is 17.8 Å². The number of rotatable bonds is 19. The van der Waals surface area contributed by atoms with E-state index in [1.54, 1.807) is 0 Å². The Hall–Kier alpha value is -2.69. The second kappa shape index (κ2) is 17.8. The number of aromatic nitrogens is 1. The molecule has 0 bridgehead atoms. The average molecular weight is 525 g/mol. The third-order valence-corrected chi connectivity index (χ3v) is 6.93. The SMILES string of the molecule is CCCCCCCCn1c(=O)c(OCCCCCC)c(OC/C=C(\C)CCC=C(C)C)c2ccc(N)cc21. The Bertz CT molecular complexity index is 1090. The summed E-state index contributed by atoms with van der Waals surface area (Å²) >= 11 is 0. The molecule has 0 amide bonds. The minimum absolute atomic E-state index is 0.119. The zero-order valence-corrected chi connectivity index (χ0v) is 24.7. The summed E-state index contributed by atoms with van der Waals surface area (Å²) in [5.74, 6) is 0.869. The van der Waals surface area contributed by atoms with Gasteiger partial charge in [0.2, 0.25) is 5.75 Å². The number of nitrogens with zero attached hydrogens (tertiary/aromatic N) is 1. The van der Waals surface area contributed by atoms with Crippen molar-refractivity contribution in [2.45, 2.75) is 118 Å². The number of benzene rings is 1. The van der Waals surface area contributed by atoms with E-state index in [-0.39, 0.29) is 5.56 Å². The van der Waals surface area contributed by atoms with Crippen molar-refractivity contribution in [3.63, 3.8) is 0 Å². The van der Waals surface area contributed by atoms with Crippen molar-refractivity contribution >= 4 is 16.6 Å². The number of nitrogens with two attached hydrogens (primary N) is 1. The zero-order valence-electron chi connectivity index (χ0n) is 24.7. The maximum atomic E-state index is 13.8. The summed E-state index contributed by atoms with van der Waals surface area (Å²) in [5.41, 5.74) is 10.1. The molecular weight excluding hydrogens is 472 g/mol. The molecule has 0 fully saturated rings. The number of unbranched alkanes of at least 4 members (excludes halogenated alkanes) is 8. The van der Waals surface area contributed by atoms with E-state index in [2.05, 4.69) is 46.8 Å². The normalized spacial score (nSPS) is 11.7. The third kappa shape index (κ3) is 10.6. The molecular formula is C33H52N2O3. The van der Waals surface area contributed by atoms with Crippen LogP contribution in [0.25, 0.3) is 10.9 Å². The predicted octanol–water partition coefficient (Wildman–Crippen LogP) is 8.97. The molecule has 38 heavy (non-hydrogen) atoms. The van der Waals surface area contributed by atoms with Gasteiger partial charge in [0, 0.05) is 17.6 Å². The second-order valence-electron chi connectivity index (χ2n) is 10.8. The van der Waals surface area contributed by atoms with Crippen molar-refractivity contribution in [3.05, 3.63) is 51.9 Å². The summed E-state index contributed by atoms with van der Waals surface area (Å²) in [6, 6.07) is 5.74. The molecule has 2 aromatic rings. The van der Waals surface area contributed by atoms with Crippen LogP contribution in [0.2, 0.25) is 0 Å². The average Bonchev–Trinajstić information content (AvgIpc) is 2.88. The van der Waals surface area contributed by atoms with Gasteiger partial charge in [0.25, 0.3) is 5.56 Å². The minimum Gasteiger partial charge on any atom is -0.485 e. The van der Waals surface area contributed by atoms with Crippen molar-refractivity contribution in [3.8, 4) is 11.5 Å². The largest absolute Gasteiger partial charge is 0.485 e. The first-order chi connectivity index (χ1) is 18.4. The van der Waals surface area contributed by atoms with Gasteiger partial charge in [-0.2, -0.15) is 0 Å². The smallest absolute Gasteiger partial charge is 0.297 e. The van der Waals surface area contributed by atoms with E-state index in [1.165, 1.54) is 43.3 Å². The fourth-order valence-corrected chi connectivity index (χ4v) is 4.62. The van der Waals surface area contributed by atoms with Crippen LogP contribution in [0.15, 0.2) is 46.3 Å². The molecule has 5 nitrogen and oxygen atoms in total. The van der Waals surface area contributed by atoms with E-state index in [0.29, 0.717) is 36.9 Å². The summed E-state index contributed by atoms with van der Waals surface area (Å²) < 4.78 is 14.3. The first kappa shape index (κ1) is 31.5. The lowest BCUT2D eigenvalue weighted by Gasteiger charge is -2.19. The number of hydrogen-bond donors (Lipinski definition) is 1. The number of pyridine rings is 1. The third-order valence-electron chi connectivity index (χ3n) is 6.93. The number of ether oxygens (including phenoxy) is 2. The molecule has 0 saturated carbocycles. The predicted molar refractivity (Wildman–Crippen MR) is 164 cm³/mol. The Labute approximate surface area is 231 Å². The van der Waals surface area contributed by atoms with Crippen LogP contribution < -0.4 is 20.8 Å². The second-order valence-corrected chi connectivity index (χ2v) is 10.8. The van der Waals surface area contributed by atoms with E-state index in [0.717, 1.165) is 55.8 Å². The van der Waals surface area contributed by atoms with Gasteiger partial charge in [0.05, 0.1) is 12.1 Å². The minimum atomic E-state index is -0.119. The lowest BCUT2D eigenvalue weighted by molar-refractivity contribution is 0.272. The van der Waals surface area contributed by atoms with Crippen LogP contribution in [-0.2, 0) is 6.54 Å². The Morgan fingerprint density at radius 3 is 2.26 bits per heavy atom. The lowest BCUT2D eigenvalue weighted by atomic mass is 10.1. The van der Waals surface area contributed by atoms with Crippen LogP contribution >= 0.6 is 0 Å². The Morgan fingerprint density at radius 1 is 0.868 bits per heavy atom. The van der Waals surface area contributed by atoms with E-state index in [1.807, 2.05) is 22.8 Å². The van der Waals surface area contributed by atoms with Crippen LogP contribution in [0.5, 0.6) is 11.5 Å². The van der Waals surface area contributed by atoms with Gasteiger partial charge < -0.3 is 19.8 Å². The van der Waals surface area contributed by atoms with Crippen LogP contribution in [0.4, 0.5) is 5.69 Å². The maximum Gasteiger partial charge on any atom is 0.297 e. The summed E-state index contributed by atoms with van der Waals surface area (Å²) in [6.07, 6.45) is 17.7. The first-order valence-corrected chi connectivity index (χ1v) is 14.9. The van der Waals surface area contributed by atoms with Crippen molar-refractivity contribution in [1.82, 2.24) is 4.57 Å². The molecule has 2 N–H and O–H groups in total. The van der Waals surface area contributed by atoms with Gasteiger partial charge >= 0.3 is 0 Å². The molecule has 0 radical (unpaired) electrons. The lowest BCUT2D eigenvalue weighted by Crippen LogP contribution is -2.24. The Kier molecular flexibility index (Phi) is 14.7. The van der Waals surface area contributed by atoms with Gasteiger partial charge in [-0.25, -0.2) is 0 Å². The van der Waals surface area contributed by atoms with Crippen LogP contribution in [0.3, 0.4) is 0 Å². The van der Waals surface area contributed by atoms with Gasteiger partial charge in [-0.05, 0) is 70.7 Å². The van der Waals surface area contributed by atoms with Gasteiger partial charge in [-0.3, -0.25) is 4.79 Å². The fraction of sp³-hybridized carbons (Fsp3) is 0.606. The summed E-state index contributed by atoms with van der Waals surface area (Å²) in [5, 5.41) is 0.879. The van der Waals surface area contributed by atoms with Crippen molar-refractivity contribution in [1.29, 1.82) is 0 Å². The van der Waals surface area contributed by atoms with E-state index >= 15 is 0 Å². The highest BCUT2D eigenvalue weighted by atomic mass is 16.5. The molecule has 5 heteroatoms. The number of hydrogen-bond acceptors (Lipinski definition) is 4. The Morgan fingerprint density at radius 2 is 1.55 bits per heavy atom. The van der Waals surface area contributed by atoms with Gasteiger partial charge in [-0.15, -0.1) is 0 Å². The van der Waals surface area contributed by atoms with Crippen molar-refractivity contribution in [2.24, 2.45) is 0 Å². The van der Waals surface area contributed by atoms with Gasteiger partial charge in [0.1, 0.15) is 6.61 Å². The molecule has 0 aliphatic rings. The molecule has 212 valence electrons. The number of anilines is 1. The number of nitrogen functional groups attached to an aromatic ring is 1. The molecule has 1 aromatic heterocycles. The molecule has 0 saturated heterocycles. The quantitative estimate of drug-likeness (QED) is 0.113. The topological polar surface area (TPSA) is 66.5 Å². The number of aryl methyl sites for hydroxylation is 1. The maximum absolute atomic E-state index is 13.8. The van der Waals surface area contributed by atoms with Crippen LogP contribution in [0, 0.1) is 0 Å². The van der Waals surface area contributed by atoms with E-state index in [9.17, 15) is 4.79 Å². The molecule has 0 aliphatic carbocycles. The molecule has 0 atom stereocenters. The molecule has 1 aromatic carbocycles. The van der Waals surface area contributed by atoms with E-state index < -0.39 is 0 Å². The first-order valence-electron chi connectivity index (χ1n) is 14.9. The number of fused-ring (bicyclic) bond motifs is 1. The Balaban J connectivity index is 2.34. The summed E-state index contributed by atoms with van der Waals surface area (Å²) in [7, 11) is 0. The molecule has 0 aliphatic heterocycles.